The standard InChI is InChI=1S/C72H72O6/c1-9-31-73-45-55-33-57-37-61-41-65(71(3,4)5)43-63(69(61)77-49-53-27-19-13-20-28-53)39-59-35-56(46-74-32-10-2)36-60(68(59)76-48-52-25-17-12-18-26-52)40-64-44-66(72(6,7)8)42-62(70(64)78-50-54-29-21-14-22-30-54)38-58(34-55)67(57)75-47-51-23-15-11-16-24-51/h1-2,11-30,33-36,41-44H,31-32,37-40,45-50H2,3-8H3. The molecular formula is C72H72O6. The Kier molecular flexibility index (Phi) is 17.9. The van der Waals surface area contributed by atoms with Crippen molar-refractivity contribution in [3.8, 4) is 47.7 Å². The number of benzene rings is 8. The summed E-state index contributed by atoms with van der Waals surface area (Å²) in [6.45, 7) is 16.2. The molecule has 1 aliphatic rings. The van der Waals surface area contributed by atoms with E-state index < -0.39 is 0 Å². The van der Waals surface area contributed by atoms with Crippen LogP contribution < -0.4 is 18.9 Å². The van der Waals surface area contributed by atoms with Gasteiger partial charge in [-0.3, -0.25) is 0 Å². The molecule has 0 amide bonds. The molecule has 0 atom stereocenters. The molecule has 0 saturated carbocycles. The monoisotopic (exact) mass is 1030 g/mol. The van der Waals surface area contributed by atoms with Gasteiger partial charge in [-0.25, -0.2) is 0 Å². The summed E-state index contributed by atoms with van der Waals surface area (Å²) < 4.78 is 41.2. The zero-order valence-electron chi connectivity index (χ0n) is 46.3. The van der Waals surface area contributed by atoms with Crippen LogP contribution in [0.2, 0.25) is 0 Å². The molecule has 0 aromatic heterocycles. The Bertz CT molecular complexity index is 3050. The van der Waals surface area contributed by atoms with E-state index >= 15 is 0 Å². The van der Waals surface area contributed by atoms with Crippen LogP contribution in [0.3, 0.4) is 0 Å². The van der Waals surface area contributed by atoms with Crippen molar-refractivity contribution in [2.45, 2.75) is 118 Å². The highest BCUT2D eigenvalue weighted by Gasteiger charge is 2.28. The van der Waals surface area contributed by atoms with Gasteiger partial charge < -0.3 is 28.4 Å². The van der Waals surface area contributed by atoms with Crippen LogP contribution in [0.1, 0.15) is 131 Å². The van der Waals surface area contributed by atoms with Crippen molar-refractivity contribution >= 4 is 0 Å². The number of ether oxygens (including phenoxy) is 6. The fraction of sp³-hybridized carbons (Fsp3) is 0.278. The Morgan fingerprint density at radius 3 is 0.769 bits per heavy atom. The molecule has 9 rings (SSSR count). The highest BCUT2D eigenvalue weighted by Crippen LogP contribution is 2.44. The quantitative estimate of drug-likeness (QED) is 0.0630. The minimum atomic E-state index is -0.225. The van der Waals surface area contributed by atoms with E-state index in [0.717, 1.165) is 101 Å². The van der Waals surface area contributed by atoms with Crippen molar-refractivity contribution in [3.63, 3.8) is 0 Å². The maximum absolute atomic E-state index is 7.24. The minimum Gasteiger partial charge on any atom is -0.488 e. The third-order valence-corrected chi connectivity index (χ3v) is 14.2. The molecule has 0 heterocycles. The van der Waals surface area contributed by atoms with E-state index in [0.29, 0.717) is 65.3 Å². The predicted octanol–water partition coefficient (Wildman–Crippen LogP) is 15.6. The summed E-state index contributed by atoms with van der Waals surface area (Å²) in [5.41, 5.74) is 16.4. The molecule has 8 aromatic rings. The summed E-state index contributed by atoms with van der Waals surface area (Å²) >= 11 is 0. The summed E-state index contributed by atoms with van der Waals surface area (Å²) in [4.78, 5) is 0. The molecule has 0 radical (unpaired) electrons. The van der Waals surface area contributed by atoms with E-state index in [1.54, 1.807) is 0 Å². The molecule has 8 bridgehead atoms. The summed E-state index contributed by atoms with van der Waals surface area (Å²) in [6.07, 6.45) is 13.5. The van der Waals surface area contributed by atoms with Crippen LogP contribution in [0.25, 0.3) is 0 Å². The smallest absolute Gasteiger partial charge is 0.126 e. The number of rotatable bonds is 18. The average molecular weight is 1030 g/mol. The molecule has 0 aliphatic heterocycles. The van der Waals surface area contributed by atoms with Crippen LogP contribution in [0.15, 0.2) is 170 Å². The Balaban J connectivity index is 1.36. The fourth-order valence-electron chi connectivity index (χ4n) is 10.2. The molecule has 6 nitrogen and oxygen atoms in total. The minimum absolute atomic E-state index is 0.189. The molecule has 0 spiro atoms. The second kappa shape index (κ2) is 25.4. The van der Waals surface area contributed by atoms with E-state index in [1.807, 2.05) is 24.3 Å². The third kappa shape index (κ3) is 14.3. The summed E-state index contributed by atoms with van der Waals surface area (Å²) in [6, 6.07) is 59.8. The molecule has 0 fully saturated rings. The van der Waals surface area contributed by atoms with E-state index in [1.165, 1.54) is 11.1 Å². The maximum Gasteiger partial charge on any atom is 0.126 e. The first-order valence-electron chi connectivity index (χ1n) is 27.1. The lowest BCUT2D eigenvalue weighted by atomic mass is 9.81. The van der Waals surface area contributed by atoms with Gasteiger partial charge in [0.2, 0.25) is 0 Å². The number of hydrogen-bond donors (Lipinski definition) is 0. The third-order valence-electron chi connectivity index (χ3n) is 14.2. The zero-order valence-corrected chi connectivity index (χ0v) is 46.3. The fourth-order valence-corrected chi connectivity index (χ4v) is 10.2. The summed E-state index contributed by atoms with van der Waals surface area (Å²) in [7, 11) is 0. The van der Waals surface area contributed by atoms with Gasteiger partial charge >= 0.3 is 0 Å². The van der Waals surface area contributed by atoms with E-state index in [4.69, 9.17) is 41.3 Å². The lowest BCUT2D eigenvalue weighted by molar-refractivity contribution is 0.153. The highest BCUT2D eigenvalue weighted by molar-refractivity contribution is 5.59. The SMILES string of the molecule is C#CCOCc1cc2c(OCc3ccccc3)c(c1)Cc1cc(C(C)(C)C)cc(c1OCc1ccccc1)Cc1cc(COCC#C)cc(c1OCc1ccccc1)Cc1cc(C(C)(C)C)cc(c1OCc1ccccc1)C2. The van der Waals surface area contributed by atoms with Gasteiger partial charge in [0.1, 0.15) is 62.6 Å². The lowest BCUT2D eigenvalue weighted by Crippen LogP contribution is -2.16. The van der Waals surface area contributed by atoms with Crippen molar-refractivity contribution < 1.29 is 28.4 Å². The highest BCUT2D eigenvalue weighted by atomic mass is 16.5. The number of terminal acetylenes is 2. The van der Waals surface area contributed by atoms with Crippen molar-refractivity contribution in [1.82, 2.24) is 0 Å². The summed E-state index contributed by atoms with van der Waals surface area (Å²) in [5.74, 6) is 8.64. The first kappa shape index (κ1) is 54.8. The van der Waals surface area contributed by atoms with Crippen molar-refractivity contribution in [1.29, 1.82) is 0 Å². The normalized spacial score (nSPS) is 12.3. The molecule has 0 unspecified atom stereocenters. The maximum atomic E-state index is 7.24. The molecule has 8 aromatic carbocycles. The second-order valence-electron chi connectivity index (χ2n) is 22.4. The van der Waals surface area contributed by atoms with Crippen molar-refractivity contribution in [2.24, 2.45) is 0 Å². The zero-order chi connectivity index (χ0) is 54.5. The molecule has 1 aliphatic carbocycles. The van der Waals surface area contributed by atoms with Gasteiger partial charge in [0.25, 0.3) is 0 Å². The van der Waals surface area contributed by atoms with Gasteiger partial charge in [0.05, 0.1) is 13.2 Å². The molecule has 396 valence electrons. The van der Waals surface area contributed by atoms with E-state index in [9.17, 15) is 0 Å². The molecule has 0 saturated heterocycles. The topological polar surface area (TPSA) is 55.4 Å². The van der Waals surface area contributed by atoms with Gasteiger partial charge in [0, 0.05) is 25.7 Å². The Labute approximate surface area is 463 Å². The predicted molar refractivity (Wildman–Crippen MR) is 314 cm³/mol. The lowest BCUT2D eigenvalue weighted by Gasteiger charge is -2.28. The molecular weight excluding hydrogens is 961 g/mol. The average Bonchev–Trinajstić information content (AvgIpc) is 3.56. The number of hydrogen-bond acceptors (Lipinski definition) is 6. The van der Waals surface area contributed by atoms with Gasteiger partial charge in [-0.2, -0.15) is 0 Å². The Hall–Kier alpha value is -8.00. The van der Waals surface area contributed by atoms with Crippen LogP contribution in [-0.4, -0.2) is 13.2 Å². The van der Waals surface area contributed by atoms with E-state index in [-0.39, 0.29) is 24.0 Å². The van der Waals surface area contributed by atoms with Crippen LogP contribution >= 0.6 is 0 Å². The van der Waals surface area contributed by atoms with Crippen LogP contribution in [0, 0.1) is 24.7 Å². The van der Waals surface area contributed by atoms with Crippen LogP contribution in [0.4, 0.5) is 0 Å². The van der Waals surface area contributed by atoms with E-state index in [2.05, 4.69) is 199 Å². The first-order valence-corrected chi connectivity index (χ1v) is 27.1. The van der Waals surface area contributed by atoms with Gasteiger partial charge in [0.15, 0.2) is 0 Å². The molecule has 0 N–H and O–H groups in total. The Morgan fingerprint density at radius 1 is 0.321 bits per heavy atom. The van der Waals surface area contributed by atoms with Gasteiger partial charge in [-0.1, -0.05) is 199 Å². The largest absolute Gasteiger partial charge is 0.488 e. The Morgan fingerprint density at radius 2 is 0.551 bits per heavy atom. The molecule has 78 heavy (non-hydrogen) atoms. The second-order valence-corrected chi connectivity index (χ2v) is 22.4. The molecule has 6 heteroatoms. The van der Waals surface area contributed by atoms with Crippen LogP contribution in [0.5, 0.6) is 23.0 Å². The van der Waals surface area contributed by atoms with Crippen molar-refractivity contribution in [2.75, 3.05) is 13.2 Å². The van der Waals surface area contributed by atoms with Gasteiger partial charge in [-0.15, -0.1) is 12.8 Å². The van der Waals surface area contributed by atoms with Crippen molar-refractivity contribution in [3.05, 3.63) is 259 Å². The van der Waals surface area contributed by atoms with Gasteiger partial charge in [-0.05, 0) is 124 Å². The summed E-state index contributed by atoms with van der Waals surface area (Å²) in [5, 5.41) is 0. The van der Waals surface area contributed by atoms with Crippen LogP contribution in [-0.2, 0) is 85.6 Å². The first-order chi connectivity index (χ1) is 37.8. The number of fused-ring (bicyclic) bond motifs is 8.